The molecule has 0 atom stereocenters. The van der Waals surface area contributed by atoms with Gasteiger partial charge >= 0.3 is 0 Å². The number of furan rings is 1. The molecule has 0 radical (unpaired) electrons. The van der Waals surface area contributed by atoms with Crippen molar-refractivity contribution < 1.29 is 9.21 Å². The van der Waals surface area contributed by atoms with Gasteiger partial charge in [0.1, 0.15) is 5.76 Å². The molecule has 0 aliphatic carbocycles. The molecule has 3 heterocycles. The maximum atomic E-state index is 12.5. The van der Waals surface area contributed by atoms with Crippen molar-refractivity contribution >= 4 is 40.2 Å². The second kappa shape index (κ2) is 10.6. The Labute approximate surface area is 208 Å². The maximum Gasteiger partial charge on any atom is 0.271 e. The Kier molecular flexibility index (Phi) is 6.90. The van der Waals surface area contributed by atoms with Crippen LogP contribution in [0.15, 0.2) is 75.6 Å². The van der Waals surface area contributed by atoms with Gasteiger partial charge in [0.15, 0.2) is 11.0 Å². The summed E-state index contributed by atoms with van der Waals surface area (Å²) in [5.74, 6) is 1.18. The van der Waals surface area contributed by atoms with Crippen LogP contribution in [0.1, 0.15) is 40.9 Å². The molecule has 0 spiro atoms. The molecule has 1 aliphatic heterocycles. The van der Waals surface area contributed by atoms with Gasteiger partial charge in [-0.15, -0.1) is 11.3 Å². The molecule has 5 rings (SSSR count). The van der Waals surface area contributed by atoms with Gasteiger partial charge in [0.25, 0.3) is 5.91 Å². The molecule has 35 heavy (non-hydrogen) atoms. The van der Waals surface area contributed by atoms with Crippen molar-refractivity contribution in [3.63, 3.8) is 0 Å². The SMILES string of the molecule is Cc1ccc(Nc2nc(-c3ccc(C(=O)N/N=C\c4ccc(N5CCCCC5)o4)cc3)cs2)cc1. The number of amides is 1. The summed E-state index contributed by atoms with van der Waals surface area (Å²) in [7, 11) is 0. The van der Waals surface area contributed by atoms with Crippen LogP contribution in [0.5, 0.6) is 0 Å². The zero-order chi connectivity index (χ0) is 24.0. The molecule has 178 valence electrons. The zero-order valence-electron chi connectivity index (χ0n) is 19.5. The third-order valence-corrected chi connectivity index (χ3v) is 6.65. The van der Waals surface area contributed by atoms with Crippen LogP contribution in [0.25, 0.3) is 11.3 Å². The number of anilines is 3. The summed E-state index contributed by atoms with van der Waals surface area (Å²) in [6, 6.07) is 19.3. The fourth-order valence-corrected chi connectivity index (χ4v) is 4.67. The van der Waals surface area contributed by atoms with Crippen LogP contribution in [-0.2, 0) is 0 Å². The van der Waals surface area contributed by atoms with Gasteiger partial charge < -0.3 is 14.6 Å². The summed E-state index contributed by atoms with van der Waals surface area (Å²) in [6.45, 7) is 4.09. The first-order valence-electron chi connectivity index (χ1n) is 11.7. The van der Waals surface area contributed by atoms with Gasteiger partial charge in [0.2, 0.25) is 0 Å². The number of nitrogens with one attached hydrogen (secondary N) is 2. The highest BCUT2D eigenvalue weighted by Gasteiger charge is 2.14. The van der Waals surface area contributed by atoms with Crippen LogP contribution in [-0.4, -0.2) is 30.2 Å². The summed E-state index contributed by atoms with van der Waals surface area (Å²) in [4.78, 5) is 19.4. The van der Waals surface area contributed by atoms with Crippen molar-refractivity contribution in [3.8, 4) is 11.3 Å². The van der Waals surface area contributed by atoms with Gasteiger partial charge in [-0.2, -0.15) is 5.10 Å². The molecule has 1 amide bonds. The number of thiazole rings is 1. The Hall–Kier alpha value is -3.91. The third kappa shape index (κ3) is 5.78. The van der Waals surface area contributed by atoms with E-state index in [9.17, 15) is 4.79 Å². The monoisotopic (exact) mass is 485 g/mol. The predicted molar refractivity (Wildman–Crippen MR) is 142 cm³/mol. The number of nitrogens with zero attached hydrogens (tertiary/aromatic N) is 3. The van der Waals surface area contributed by atoms with Gasteiger partial charge in [-0.1, -0.05) is 29.8 Å². The minimum Gasteiger partial charge on any atom is -0.440 e. The van der Waals surface area contributed by atoms with E-state index in [1.807, 2.05) is 41.8 Å². The van der Waals surface area contributed by atoms with Crippen LogP contribution in [0.3, 0.4) is 0 Å². The average Bonchev–Trinajstić information content (AvgIpc) is 3.56. The molecule has 8 heteroatoms. The normalized spacial score (nSPS) is 13.8. The number of hydrogen-bond acceptors (Lipinski definition) is 7. The standard InChI is InChI=1S/C27H27N5O2S/c1-19-5-11-22(12-6-19)29-27-30-24(18-35-27)20-7-9-21(10-8-20)26(33)31-28-17-23-13-14-25(34-23)32-15-3-2-4-16-32/h5-14,17-18H,2-4,15-16H2,1H3,(H,29,30)(H,31,33)/b28-17-. The molecule has 2 aromatic heterocycles. The van der Waals surface area contributed by atoms with E-state index >= 15 is 0 Å². The molecular weight excluding hydrogens is 458 g/mol. The fraction of sp³-hybridized carbons (Fsp3) is 0.222. The number of aryl methyl sites for hydroxylation is 1. The third-order valence-electron chi connectivity index (χ3n) is 5.89. The number of carbonyl (C=O) groups excluding carboxylic acids is 1. The van der Waals surface area contributed by atoms with E-state index in [1.54, 1.807) is 23.5 Å². The minimum atomic E-state index is -0.282. The van der Waals surface area contributed by atoms with Gasteiger partial charge in [-0.05, 0) is 56.5 Å². The average molecular weight is 486 g/mol. The van der Waals surface area contributed by atoms with Crippen LogP contribution >= 0.6 is 11.3 Å². The fourth-order valence-electron chi connectivity index (χ4n) is 3.93. The number of aromatic nitrogens is 1. The number of piperidine rings is 1. The summed E-state index contributed by atoms with van der Waals surface area (Å²) in [6.07, 6.45) is 5.17. The van der Waals surface area contributed by atoms with Crippen molar-refractivity contribution in [2.24, 2.45) is 5.10 Å². The van der Waals surface area contributed by atoms with Crippen molar-refractivity contribution in [2.75, 3.05) is 23.3 Å². The first kappa shape index (κ1) is 22.9. The molecular formula is C27H27N5O2S. The molecule has 1 saturated heterocycles. The number of hydrogen-bond donors (Lipinski definition) is 2. The predicted octanol–water partition coefficient (Wildman–Crippen LogP) is 6.21. The molecule has 1 fully saturated rings. The Balaban J connectivity index is 1.16. The molecule has 7 nitrogen and oxygen atoms in total. The number of rotatable bonds is 7. The Morgan fingerprint density at radius 1 is 1.03 bits per heavy atom. The summed E-state index contributed by atoms with van der Waals surface area (Å²) in [5, 5.41) is 10.2. The lowest BCUT2D eigenvalue weighted by Gasteiger charge is -2.25. The quantitative estimate of drug-likeness (QED) is 0.240. The Morgan fingerprint density at radius 2 is 1.80 bits per heavy atom. The molecule has 2 aromatic carbocycles. The smallest absolute Gasteiger partial charge is 0.271 e. The van der Waals surface area contributed by atoms with Gasteiger partial charge in [-0.25, -0.2) is 10.4 Å². The Morgan fingerprint density at radius 3 is 2.57 bits per heavy atom. The van der Waals surface area contributed by atoms with Gasteiger partial charge in [-0.3, -0.25) is 4.79 Å². The van der Waals surface area contributed by atoms with E-state index in [-0.39, 0.29) is 5.91 Å². The number of hydrazone groups is 1. The van der Waals surface area contributed by atoms with E-state index in [0.29, 0.717) is 11.3 Å². The Bertz CT molecular complexity index is 1300. The van der Waals surface area contributed by atoms with E-state index in [2.05, 4.69) is 44.8 Å². The molecule has 4 aromatic rings. The van der Waals surface area contributed by atoms with E-state index in [0.717, 1.165) is 41.1 Å². The summed E-state index contributed by atoms with van der Waals surface area (Å²) < 4.78 is 5.83. The van der Waals surface area contributed by atoms with Crippen molar-refractivity contribution in [1.82, 2.24) is 10.4 Å². The molecule has 0 unspecified atom stereocenters. The van der Waals surface area contributed by atoms with E-state index in [1.165, 1.54) is 31.0 Å². The molecule has 0 bridgehead atoms. The molecule has 2 N–H and O–H groups in total. The van der Waals surface area contributed by atoms with Crippen molar-refractivity contribution in [1.29, 1.82) is 0 Å². The number of benzene rings is 2. The highest BCUT2D eigenvalue weighted by atomic mass is 32.1. The first-order chi connectivity index (χ1) is 17.1. The maximum absolute atomic E-state index is 12.5. The summed E-state index contributed by atoms with van der Waals surface area (Å²) >= 11 is 1.54. The van der Waals surface area contributed by atoms with Crippen molar-refractivity contribution in [2.45, 2.75) is 26.2 Å². The lowest BCUT2D eigenvalue weighted by molar-refractivity contribution is 0.0955. The summed E-state index contributed by atoms with van der Waals surface area (Å²) in [5.41, 5.74) is 7.10. The van der Waals surface area contributed by atoms with Crippen LogP contribution in [0, 0.1) is 6.92 Å². The number of carbonyl (C=O) groups is 1. The molecule has 1 aliphatic rings. The molecule has 0 saturated carbocycles. The van der Waals surface area contributed by atoms with Crippen LogP contribution in [0.4, 0.5) is 16.7 Å². The lowest BCUT2D eigenvalue weighted by Crippen LogP contribution is -2.28. The second-order valence-corrected chi connectivity index (χ2v) is 9.39. The highest BCUT2D eigenvalue weighted by molar-refractivity contribution is 7.14. The van der Waals surface area contributed by atoms with Gasteiger partial charge in [0.05, 0.1) is 11.9 Å². The topological polar surface area (TPSA) is 82.8 Å². The largest absolute Gasteiger partial charge is 0.440 e. The van der Waals surface area contributed by atoms with Crippen LogP contribution < -0.4 is 15.6 Å². The lowest BCUT2D eigenvalue weighted by atomic mass is 10.1. The zero-order valence-corrected chi connectivity index (χ0v) is 20.3. The van der Waals surface area contributed by atoms with Crippen molar-refractivity contribution in [3.05, 3.63) is 82.9 Å². The minimum absolute atomic E-state index is 0.282. The van der Waals surface area contributed by atoms with E-state index in [4.69, 9.17) is 4.42 Å². The second-order valence-electron chi connectivity index (χ2n) is 8.53. The van der Waals surface area contributed by atoms with Crippen LogP contribution in [0.2, 0.25) is 0 Å². The first-order valence-corrected chi connectivity index (χ1v) is 12.6. The van der Waals surface area contributed by atoms with E-state index < -0.39 is 0 Å². The van der Waals surface area contributed by atoms with Gasteiger partial charge in [0, 0.05) is 41.4 Å². The highest BCUT2D eigenvalue weighted by Crippen LogP contribution is 2.27.